The molecule has 2 amide bonds. The van der Waals surface area contributed by atoms with Crippen molar-refractivity contribution in [2.45, 2.75) is 26.7 Å². The van der Waals surface area contributed by atoms with E-state index in [1.165, 1.54) is 0 Å². The van der Waals surface area contributed by atoms with Crippen molar-refractivity contribution in [3.63, 3.8) is 0 Å². The third-order valence-corrected chi connectivity index (χ3v) is 5.23. The van der Waals surface area contributed by atoms with Crippen LogP contribution in [0.3, 0.4) is 0 Å². The van der Waals surface area contributed by atoms with Crippen molar-refractivity contribution >= 4 is 39.1 Å². The van der Waals surface area contributed by atoms with Crippen LogP contribution in [-0.2, 0) is 16.0 Å². The number of rotatable bonds is 3. The second-order valence-corrected chi connectivity index (χ2v) is 8.14. The first-order valence-corrected chi connectivity index (χ1v) is 8.89. The van der Waals surface area contributed by atoms with Crippen molar-refractivity contribution in [3.8, 4) is 0 Å². The average molecular weight is 373 g/mol. The highest BCUT2D eigenvalue weighted by molar-refractivity contribution is 9.11. The average Bonchev–Trinajstić information content (AvgIpc) is 2.71. The number of halogens is 1. The molecular weight excluding hydrogens is 352 g/mol. The van der Waals surface area contributed by atoms with Crippen LogP contribution in [0, 0.1) is 5.92 Å². The smallest absolute Gasteiger partial charge is 0.227 e. The lowest BCUT2D eigenvalue weighted by atomic mass is 10.2. The van der Waals surface area contributed by atoms with Crippen LogP contribution in [0.2, 0.25) is 0 Å². The summed E-state index contributed by atoms with van der Waals surface area (Å²) in [7, 11) is 0. The van der Waals surface area contributed by atoms with Crippen molar-refractivity contribution in [1.29, 1.82) is 0 Å². The van der Waals surface area contributed by atoms with Crippen molar-refractivity contribution in [3.05, 3.63) is 20.8 Å². The minimum Gasteiger partial charge on any atom is -0.341 e. The van der Waals surface area contributed by atoms with Crippen LogP contribution in [0.15, 0.2) is 15.9 Å². The molecule has 116 valence electrons. The Balaban J connectivity index is 1.90. The first kappa shape index (κ1) is 16.5. The van der Waals surface area contributed by atoms with Crippen LogP contribution in [0.4, 0.5) is 0 Å². The summed E-state index contributed by atoms with van der Waals surface area (Å²) in [5.41, 5.74) is 0. The molecule has 1 saturated heterocycles. The molecule has 6 heteroatoms. The third-order valence-electron chi connectivity index (χ3n) is 3.61. The van der Waals surface area contributed by atoms with E-state index < -0.39 is 0 Å². The van der Waals surface area contributed by atoms with E-state index in [4.69, 9.17) is 0 Å². The lowest BCUT2D eigenvalue weighted by molar-refractivity contribution is -0.135. The fourth-order valence-electron chi connectivity index (χ4n) is 2.46. The molecule has 0 radical (unpaired) electrons. The fourth-order valence-corrected chi connectivity index (χ4v) is 3.93. The molecule has 0 aliphatic carbocycles. The zero-order chi connectivity index (χ0) is 15.4. The summed E-state index contributed by atoms with van der Waals surface area (Å²) in [5, 5.41) is 0. The molecule has 0 atom stereocenters. The largest absolute Gasteiger partial charge is 0.341 e. The Morgan fingerprint density at radius 2 is 1.86 bits per heavy atom. The van der Waals surface area contributed by atoms with Crippen LogP contribution < -0.4 is 0 Å². The SMILES string of the molecule is CC(C)C(=O)N1CCCN(C(=O)Cc2ccc(Br)s2)CC1. The molecule has 2 heterocycles. The van der Waals surface area contributed by atoms with Gasteiger partial charge in [0, 0.05) is 37.0 Å². The first-order chi connectivity index (χ1) is 9.97. The van der Waals surface area contributed by atoms with E-state index in [0.29, 0.717) is 19.5 Å². The molecule has 1 fully saturated rings. The van der Waals surface area contributed by atoms with Gasteiger partial charge in [-0.15, -0.1) is 11.3 Å². The van der Waals surface area contributed by atoms with Crippen LogP contribution in [0.25, 0.3) is 0 Å². The molecular formula is C15H21BrN2O2S. The number of carbonyl (C=O) groups excluding carboxylic acids is 2. The topological polar surface area (TPSA) is 40.6 Å². The number of hydrogen-bond donors (Lipinski definition) is 0. The standard InChI is InChI=1S/C15H21BrN2O2S/c1-11(2)15(20)18-7-3-6-17(8-9-18)14(19)10-12-4-5-13(16)21-12/h4-5,11H,3,6-10H2,1-2H3. The second-order valence-electron chi connectivity index (χ2n) is 5.60. The van der Waals surface area contributed by atoms with Crippen LogP contribution >= 0.6 is 27.3 Å². The summed E-state index contributed by atoms with van der Waals surface area (Å²) in [4.78, 5) is 29.2. The van der Waals surface area contributed by atoms with E-state index in [0.717, 1.165) is 28.2 Å². The van der Waals surface area contributed by atoms with Crippen LogP contribution in [0.1, 0.15) is 25.1 Å². The summed E-state index contributed by atoms with van der Waals surface area (Å²) < 4.78 is 1.05. The Hall–Kier alpha value is -0.880. The zero-order valence-corrected chi connectivity index (χ0v) is 14.9. The molecule has 1 aliphatic rings. The molecule has 2 rings (SSSR count). The predicted molar refractivity (Wildman–Crippen MR) is 88.3 cm³/mol. The van der Waals surface area contributed by atoms with Gasteiger partial charge >= 0.3 is 0 Å². The minimum absolute atomic E-state index is 0.0238. The number of thiophene rings is 1. The quantitative estimate of drug-likeness (QED) is 0.818. The number of hydrogen-bond acceptors (Lipinski definition) is 3. The Labute approximate surface area is 138 Å². The second kappa shape index (κ2) is 7.40. The lowest BCUT2D eigenvalue weighted by Gasteiger charge is -2.23. The number of amides is 2. The van der Waals surface area contributed by atoms with E-state index in [1.807, 2.05) is 35.8 Å². The van der Waals surface area contributed by atoms with E-state index >= 15 is 0 Å². The maximum atomic E-state index is 12.4. The van der Waals surface area contributed by atoms with Gasteiger partial charge < -0.3 is 9.80 Å². The van der Waals surface area contributed by atoms with E-state index in [1.54, 1.807) is 11.3 Å². The van der Waals surface area contributed by atoms with Crippen molar-refractivity contribution < 1.29 is 9.59 Å². The highest BCUT2D eigenvalue weighted by Crippen LogP contribution is 2.23. The Morgan fingerprint density at radius 3 is 2.48 bits per heavy atom. The molecule has 1 aliphatic heterocycles. The van der Waals surface area contributed by atoms with Gasteiger partial charge in [0.05, 0.1) is 10.2 Å². The lowest BCUT2D eigenvalue weighted by Crippen LogP contribution is -2.39. The number of carbonyl (C=O) groups is 2. The third kappa shape index (κ3) is 4.54. The van der Waals surface area contributed by atoms with Crippen molar-refractivity contribution in [2.75, 3.05) is 26.2 Å². The molecule has 0 unspecified atom stereocenters. The Kier molecular flexibility index (Phi) is 5.81. The molecule has 0 saturated carbocycles. The fraction of sp³-hybridized carbons (Fsp3) is 0.600. The molecule has 0 N–H and O–H groups in total. The highest BCUT2D eigenvalue weighted by Gasteiger charge is 2.23. The molecule has 1 aromatic rings. The van der Waals surface area contributed by atoms with Gasteiger partial charge in [-0.05, 0) is 34.5 Å². The maximum Gasteiger partial charge on any atom is 0.227 e. The molecule has 1 aromatic heterocycles. The molecule has 0 spiro atoms. The Bertz CT molecular complexity index is 516. The van der Waals surface area contributed by atoms with E-state index in [-0.39, 0.29) is 17.7 Å². The summed E-state index contributed by atoms with van der Waals surface area (Å²) in [5.74, 6) is 0.366. The normalized spacial score (nSPS) is 16.2. The molecule has 21 heavy (non-hydrogen) atoms. The van der Waals surface area contributed by atoms with Crippen LogP contribution in [-0.4, -0.2) is 47.8 Å². The molecule has 0 aromatic carbocycles. The maximum absolute atomic E-state index is 12.4. The van der Waals surface area contributed by atoms with Gasteiger partial charge in [-0.25, -0.2) is 0 Å². The van der Waals surface area contributed by atoms with Crippen molar-refractivity contribution in [1.82, 2.24) is 9.80 Å². The molecule has 0 bridgehead atoms. The van der Waals surface area contributed by atoms with Gasteiger partial charge in [0.2, 0.25) is 11.8 Å². The highest BCUT2D eigenvalue weighted by atomic mass is 79.9. The zero-order valence-electron chi connectivity index (χ0n) is 12.5. The van der Waals surface area contributed by atoms with Gasteiger partial charge in [-0.2, -0.15) is 0 Å². The summed E-state index contributed by atoms with van der Waals surface area (Å²) >= 11 is 5.02. The summed E-state index contributed by atoms with van der Waals surface area (Å²) in [6, 6.07) is 3.96. The van der Waals surface area contributed by atoms with Gasteiger partial charge in [0.15, 0.2) is 0 Å². The number of nitrogens with zero attached hydrogens (tertiary/aromatic N) is 2. The van der Waals surface area contributed by atoms with E-state index in [2.05, 4.69) is 15.9 Å². The minimum atomic E-state index is 0.0238. The van der Waals surface area contributed by atoms with E-state index in [9.17, 15) is 9.59 Å². The summed E-state index contributed by atoms with van der Waals surface area (Å²) in [6.07, 6.45) is 1.31. The predicted octanol–water partition coefficient (Wildman–Crippen LogP) is 2.77. The summed E-state index contributed by atoms with van der Waals surface area (Å²) in [6.45, 7) is 6.63. The van der Waals surface area contributed by atoms with Gasteiger partial charge in [0.25, 0.3) is 0 Å². The van der Waals surface area contributed by atoms with Crippen molar-refractivity contribution in [2.24, 2.45) is 5.92 Å². The van der Waals surface area contributed by atoms with Gasteiger partial charge in [-0.1, -0.05) is 13.8 Å². The Morgan fingerprint density at radius 1 is 1.19 bits per heavy atom. The first-order valence-electron chi connectivity index (χ1n) is 7.28. The monoisotopic (exact) mass is 372 g/mol. The molecule has 4 nitrogen and oxygen atoms in total. The van der Waals surface area contributed by atoms with Crippen LogP contribution in [0.5, 0.6) is 0 Å². The van der Waals surface area contributed by atoms with Gasteiger partial charge in [0.1, 0.15) is 0 Å². The van der Waals surface area contributed by atoms with Gasteiger partial charge in [-0.3, -0.25) is 9.59 Å².